The minimum Gasteiger partial charge on any atom is -0.395 e. The molecule has 1 rings (SSSR count). The summed E-state index contributed by atoms with van der Waals surface area (Å²) in [6.07, 6.45) is 34.6. The van der Waals surface area contributed by atoms with Gasteiger partial charge in [0.2, 0.25) is 5.91 Å². The normalized spacial score (nSPS) is 13.5. The van der Waals surface area contributed by atoms with Gasteiger partial charge >= 0.3 is 0 Å². The van der Waals surface area contributed by atoms with Crippen LogP contribution in [0.3, 0.4) is 0 Å². The van der Waals surface area contributed by atoms with Gasteiger partial charge in [0, 0.05) is 42.1 Å². The molecule has 0 saturated carbocycles. The minimum absolute atomic E-state index is 0.0279. The summed E-state index contributed by atoms with van der Waals surface area (Å²) in [6, 6.07) is 2.86. The molecule has 1 aromatic heterocycles. The number of carbonyl (C=O) groups is 2. The fourth-order valence-electron chi connectivity index (χ4n) is 4.47. The zero-order valence-corrected chi connectivity index (χ0v) is 30.7. The highest BCUT2D eigenvalue weighted by molar-refractivity contribution is 8.77. The largest absolute Gasteiger partial charge is 0.395 e. The summed E-state index contributed by atoms with van der Waals surface area (Å²) in [5, 5.41) is 25.2. The quantitative estimate of drug-likeness (QED) is 0.0378. The topological polar surface area (TPSA) is 138 Å². The molecule has 2 amide bonds. The zero-order chi connectivity index (χ0) is 35.3. The van der Waals surface area contributed by atoms with E-state index in [-0.39, 0.29) is 25.0 Å². The summed E-state index contributed by atoms with van der Waals surface area (Å²) >= 11 is 0. The van der Waals surface area contributed by atoms with Crippen molar-refractivity contribution in [3.05, 3.63) is 102 Å². The summed E-state index contributed by atoms with van der Waals surface area (Å²) in [5.41, 5.74) is 6.57. The van der Waals surface area contributed by atoms with E-state index in [1.165, 1.54) is 0 Å². The van der Waals surface area contributed by atoms with Crippen molar-refractivity contribution >= 4 is 33.4 Å². The molecule has 0 aliphatic heterocycles. The Morgan fingerprint density at radius 3 is 1.96 bits per heavy atom. The number of amides is 2. The molecule has 0 bridgehead atoms. The monoisotopic (exact) mass is 698 g/mol. The number of primary amides is 1. The van der Waals surface area contributed by atoms with Crippen molar-refractivity contribution in [3.8, 4) is 0 Å². The van der Waals surface area contributed by atoms with Crippen LogP contribution in [0.15, 0.2) is 91.2 Å². The van der Waals surface area contributed by atoms with Gasteiger partial charge in [-0.25, -0.2) is 0 Å². The number of nitrogens with two attached hydrogens (primary N) is 1. The lowest BCUT2D eigenvalue weighted by atomic mass is 9.88. The first-order valence-electron chi connectivity index (χ1n) is 16.9. The first-order valence-corrected chi connectivity index (χ1v) is 19.3. The summed E-state index contributed by atoms with van der Waals surface area (Å²) < 4.78 is -0.397. The van der Waals surface area contributed by atoms with E-state index in [1.54, 1.807) is 39.9 Å². The van der Waals surface area contributed by atoms with Crippen LogP contribution < -0.4 is 16.4 Å². The highest BCUT2D eigenvalue weighted by Crippen LogP contribution is 2.45. The molecule has 0 aromatic carbocycles. The standard InChI is InChI=1S/C38H58N4O4S2/c1-4-5-6-7-8-9-10-11-12-13-14-15-16-17-18-19-20-21-22-25-35(45)40-27-28-47-48-38(2,3)34(29-42-32(30-43)31-44)36-33(37(39)46)24-23-26-41-36/h5-6,8-9,11-12,14-15,17-18,20-21,23-24,26,32,34,42-44H,4,7,10,13,16,19,22,25,27-31H2,1-3H3,(H2,39,46)(H,40,45)/b6-5-,9-8-,12-11-,15-14-,18-17-,21-20-/t34-/m1/s1. The second-order valence-electron chi connectivity index (χ2n) is 11.6. The number of pyridine rings is 1. The molecule has 0 saturated heterocycles. The van der Waals surface area contributed by atoms with E-state index in [0.29, 0.717) is 42.9 Å². The van der Waals surface area contributed by atoms with E-state index >= 15 is 0 Å². The number of hydrogen-bond donors (Lipinski definition) is 5. The fraction of sp³-hybridized carbons (Fsp3) is 0.500. The molecule has 1 heterocycles. The van der Waals surface area contributed by atoms with Gasteiger partial charge in [0.25, 0.3) is 5.91 Å². The lowest BCUT2D eigenvalue weighted by Crippen LogP contribution is -2.43. The Labute approximate surface area is 297 Å². The average Bonchev–Trinajstić information content (AvgIpc) is 3.07. The molecule has 10 heteroatoms. The number of nitrogens with one attached hydrogen (secondary N) is 2. The Hall–Kier alpha value is -2.89. The zero-order valence-electron chi connectivity index (χ0n) is 29.1. The number of rotatable bonds is 27. The Morgan fingerprint density at radius 1 is 0.896 bits per heavy atom. The highest BCUT2D eigenvalue weighted by atomic mass is 33.1. The van der Waals surface area contributed by atoms with Gasteiger partial charge in [-0.2, -0.15) is 0 Å². The van der Waals surface area contributed by atoms with E-state index in [0.717, 1.165) is 38.5 Å². The lowest BCUT2D eigenvalue weighted by Gasteiger charge is -2.34. The maximum atomic E-state index is 12.3. The van der Waals surface area contributed by atoms with Gasteiger partial charge in [-0.15, -0.1) is 0 Å². The second-order valence-corrected chi connectivity index (χ2v) is 14.7. The van der Waals surface area contributed by atoms with Crippen molar-refractivity contribution in [2.24, 2.45) is 5.73 Å². The van der Waals surface area contributed by atoms with Crippen LogP contribution in [0.4, 0.5) is 0 Å². The highest BCUT2D eigenvalue weighted by Gasteiger charge is 2.35. The number of aliphatic hydroxyl groups is 2. The van der Waals surface area contributed by atoms with Crippen LogP contribution in [0.25, 0.3) is 0 Å². The molecular formula is C38H58N4O4S2. The summed E-state index contributed by atoms with van der Waals surface area (Å²) in [7, 11) is 3.28. The maximum absolute atomic E-state index is 12.3. The summed E-state index contributed by atoms with van der Waals surface area (Å²) in [5.74, 6) is -0.0553. The third kappa shape index (κ3) is 20.5. The van der Waals surface area contributed by atoms with Crippen LogP contribution in [0.5, 0.6) is 0 Å². The van der Waals surface area contributed by atoms with E-state index in [1.807, 2.05) is 0 Å². The minimum atomic E-state index is -0.552. The van der Waals surface area contributed by atoms with Crippen molar-refractivity contribution in [3.63, 3.8) is 0 Å². The van der Waals surface area contributed by atoms with E-state index in [4.69, 9.17) is 5.73 Å². The third-order valence-electron chi connectivity index (χ3n) is 7.24. The average molecular weight is 699 g/mol. The van der Waals surface area contributed by atoms with Gasteiger partial charge in [-0.1, -0.05) is 101 Å². The third-order valence-corrected chi connectivity index (χ3v) is 10.6. The molecular weight excluding hydrogens is 641 g/mol. The number of aliphatic hydroxyl groups excluding tert-OH is 2. The number of nitrogens with zero attached hydrogens (tertiary/aromatic N) is 1. The first kappa shape index (κ1) is 43.1. The predicted molar refractivity (Wildman–Crippen MR) is 206 cm³/mol. The van der Waals surface area contributed by atoms with Gasteiger partial charge < -0.3 is 26.6 Å². The molecule has 0 radical (unpaired) electrons. The second kappa shape index (κ2) is 28.0. The summed E-state index contributed by atoms with van der Waals surface area (Å²) in [6.45, 7) is 6.78. The molecule has 0 aliphatic carbocycles. The van der Waals surface area contributed by atoms with Crippen molar-refractivity contribution in [1.29, 1.82) is 0 Å². The first-order chi connectivity index (χ1) is 23.3. The van der Waals surface area contributed by atoms with Gasteiger partial charge in [-0.3, -0.25) is 14.6 Å². The number of hydrogen-bond acceptors (Lipinski definition) is 8. The van der Waals surface area contributed by atoms with Gasteiger partial charge in [-0.05, 0) is 70.9 Å². The van der Waals surface area contributed by atoms with Crippen LogP contribution in [-0.2, 0) is 4.79 Å². The lowest BCUT2D eigenvalue weighted by molar-refractivity contribution is -0.120. The molecule has 0 spiro atoms. The van der Waals surface area contributed by atoms with E-state index in [2.05, 4.69) is 109 Å². The number of carbonyl (C=O) groups excluding carboxylic acids is 2. The maximum Gasteiger partial charge on any atom is 0.250 e. The van der Waals surface area contributed by atoms with Crippen LogP contribution in [-0.4, -0.2) is 69.9 Å². The molecule has 8 nitrogen and oxygen atoms in total. The molecule has 1 atom stereocenters. The molecule has 0 aliphatic rings. The van der Waals surface area contributed by atoms with Crippen molar-refractivity contribution < 1.29 is 19.8 Å². The fourth-order valence-corrected chi connectivity index (χ4v) is 7.12. The number of allylic oxidation sites excluding steroid dienone is 12. The molecule has 48 heavy (non-hydrogen) atoms. The van der Waals surface area contributed by atoms with Crippen LogP contribution in [0.1, 0.15) is 94.1 Å². The molecule has 6 N–H and O–H groups in total. The van der Waals surface area contributed by atoms with Gasteiger partial charge in [0.1, 0.15) is 0 Å². The molecule has 0 unspecified atom stereocenters. The molecule has 0 fully saturated rings. The Morgan fingerprint density at radius 2 is 1.44 bits per heavy atom. The predicted octanol–water partition coefficient (Wildman–Crippen LogP) is 6.96. The van der Waals surface area contributed by atoms with Crippen molar-refractivity contribution in [2.45, 2.75) is 88.8 Å². The van der Waals surface area contributed by atoms with Crippen LogP contribution in [0, 0.1) is 0 Å². The Bertz CT molecular complexity index is 1210. The van der Waals surface area contributed by atoms with Crippen LogP contribution in [0.2, 0.25) is 0 Å². The van der Waals surface area contributed by atoms with Gasteiger partial charge in [0.15, 0.2) is 0 Å². The molecule has 1 aromatic rings. The van der Waals surface area contributed by atoms with Crippen LogP contribution >= 0.6 is 21.6 Å². The van der Waals surface area contributed by atoms with Crippen molar-refractivity contribution in [2.75, 3.05) is 32.1 Å². The summed E-state index contributed by atoms with van der Waals surface area (Å²) in [4.78, 5) is 28.9. The van der Waals surface area contributed by atoms with E-state index in [9.17, 15) is 19.8 Å². The van der Waals surface area contributed by atoms with Crippen molar-refractivity contribution in [1.82, 2.24) is 15.6 Å². The smallest absolute Gasteiger partial charge is 0.250 e. The Balaban J connectivity index is 2.31. The SMILES string of the molecule is CC/C=C\C/C=C\C/C=C\C/C=C\C/C=C\C/C=C\CCC(=O)NCCSSC(C)(C)[C@H](CNC(CO)CO)c1ncccc1C(N)=O. The number of aromatic nitrogens is 1. The Kier molecular flexibility index (Phi) is 25.2. The van der Waals surface area contributed by atoms with E-state index < -0.39 is 16.7 Å². The molecule has 266 valence electrons. The van der Waals surface area contributed by atoms with Gasteiger partial charge in [0.05, 0.1) is 30.5 Å².